The van der Waals surface area contributed by atoms with Crippen LogP contribution in [0.15, 0.2) is 60.7 Å². The van der Waals surface area contributed by atoms with Gasteiger partial charge in [-0.05, 0) is 43.7 Å². The van der Waals surface area contributed by atoms with Crippen molar-refractivity contribution in [2.24, 2.45) is 5.92 Å². The summed E-state index contributed by atoms with van der Waals surface area (Å²) in [7, 11) is 2.80. The number of hydroxylamine groups is 1. The molecule has 5 rings (SSSR count). The van der Waals surface area contributed by atoms with Gasteiger partial charge in [-0.2, -0.15) is 0 Å². The maximum absolute atomic E-state index is 13.9. The van der Waals surface area contributed by atoms with Crippen molar-refractivity contribution in [3.8, 4) is 11.5 Å². The van der Waals surface area contributed by atoms with E-state index in [1.165, 1.54) is 31.4 Å². The lowest BCUT2D eigenvalue weighted by atomic mass is 9.89. The standard InChI is InChI=1S/C27H25N3O7/c1-15-10-11-19(16(2)12-15)28-26(31)23-24(18-13-21(35-3)22(36-4)14-20(18)30(33)34)29(37-25(23)27(28)32)17-8-6-5-7-9-17/h5-14,23-25H,1-4H3. The molecule has 0 saturated carbocycles. The highest BCUT2D eigenvalue weighted by atomic mass is 16.7. The van der Waals surface area contributed by atoms with Gasteiger partial charge in [-0.25, -0.2) is 9.96 Å². The summed E-state index contributed by atoms with van der Waals surface area (Å²) in [5.74, 6) is -1.62. The molecule has 2 fully saturated rings. The molecule has 3 atom stereocenters. The van der Waals surface area contributed by atoms with Crippen molar-refractivity contribution in [1.82, 2.24) is 0 Å². The fourth-order valence-corrected chi connectivity index (χ4v) is 5.10. The van der Waals surface area contributed by atoms with E-state index in [2.05, 4.69) is 0 Å². The minimum absolute atomic E-state index is 0.169. The van der Waals surface area contributed by atoms with Crippen molar-refractivity contribution in [1.29, 1.82) is 0 Å². The van der Waals surface area contributed by atoms with Gasteiger partial charge in [0.15, 0.2) is 17.6 Å². The number of anilines is 2. The second-order valence-corrected chi connectivity index (χ2v) is 8.98. The van der Waals surface area contributed by atoms with Crippen LogP contribution in [0.3, 0.4) is 0 Å². The Morgan fingerprint density at radius 3 is 2.22 bits per heavy atom. The van der Waals surface area contributed by atoms with Crippen LogP contribution in [-0.2, 0) is 14.4 Å². The zero-order valence-corrected chi connectivity index (χ0v) is 20.7. The molecule has 3 aromatic rings. The molecule has 2 saturated heterocycles. The highest BCUT2D eigenvalue weighted by Crippen LogP contribution is 2.51. The molecular formula is C27H25N3O7. The summed E-state index contributed by atoms with van der Waals surface area (Å²) >= 11 is 0. The first kappa shape index (κ1) is 24.3. The average molecular weight is 504 g/mol. The summed E-state index contributed by atoms with van der Waals surface area (Å²) in [4.78, 5) is 46.4. The van der Waals surface area contributed by atoms with Gasteiger partial charge in [0, 0.05) is 0 Å². The lowest BCUT2D eigenvalue weighted by Gasteiger charge is -2.29. The number of benzene rings is 3. The lowest BCUT2D eigenvalue weighted by Crippen LogP contribution is -2.38. The molecule has 0 aliphatic carbocycles. The summed E-state index contributed by atoms with van der Waals surface area (Å²) in [6, 6.07) is 16.0. The molecule has 2 aliphatic rings. The number of hydrogen-bond acceptors (Lipinski definition) is 8. The molecule has 2 aliphatic heterocycles. The number of amides is 2. The third-order valence-electron chi connectivity index (χ3n) is 6.77. The molecular weight excluding hydrogens is 478 g/mol. The van der Waals surface area contributed by atoms with E-state index < -0.39 is 34.8 Å². The topological polar surface area (TPSA) is 111 Å². The van der Waals surface area contributed by atoms with Crippen LogP contribution in [0.1, 0.15) is 22.7 Å². The van der Waals surface area contributed by atoms with Crippen molar-refractivity contribution in [2.75, 3.05) is 24.2 Å². The first-order valence-corrected chi connectivity index (χ1v) is 11.6. The molecule has 10 heteroatoms. The van der Waals surface area contributed by atoms with Crippen molar-refractivity contribution >= 4 is 28.9 Å². The monoisotopic (exact) mass is 503 g/mol. The predicted octanol–water partition coefficient (Wildman–Crippen LogP) is 4.28. The quantitative estimate of drug-likeness (QED) is 0.278. The highest BCUT2D eigenvalue weighted by molar-refractivity contribution is 6.24. The summed E-state index contributed by atoms with van der Waals surface area (Å²) in [6.07, 6.45) is -1.16. The molecule has 0 spiro atoms. The molecule has 190 valence electrons. The van der Waals surface area contributed by atoms with Crippen molar-refractivity contribution in [3.63, 3.8) is 0 Å². The number of carbonyl (C=O) groups is 2. The average Bonchev–Trinajstić information content (AvgIpc) is 3.39. The summed E-state index contributed by atoms with van der Waals surface area (Å²) in [5, 5.41) is 13.6. The Kier molecular flexibility index (Phi) is 6.04. The number of imide groups is 1. The minimum atomic E-state index is -1.16. The van der Waals surface area contributed by atoms with Gasteiger partial charge in [0.1, 0.15) is 12.0 Å². The van der Waals surface area contributed by atoms with Gasteiger partial charge in [-0.1, -0.05) is 35.9 Å². The van der Waals surface area contributed by atoms with E-state index in [4.69, 9.17) is 14.3 Å². The molecule has 3 unspecified atom stereocenters. The number of nitro groups is 1. The first-order valence-electron chi connectivity index (χ1n) is 11.6. The molecule has 2 heterocycles. The molecule has 0 radical (unpaired) electrons. The highest BCUT2D eigenvalue weighted by Gasteiger charge is 2.61. The van der Waals surface area contributed by atoms with E-state index in [0.717, 1.165) is 16.0 Å². The van der Waals surface area contributed by atoms with Crippen LogP contribution in [0, 0.1) is 29.9 Å². The Labute approximate surface area is 213 Å². The van der Waals surface area contributed by atoms with Gasteiger partial charge in [-0.15, -0.1) is 0 Å². The van der Waals surface area contributed by atoms with Gasteiger partial charge in [0.05, 0.1) is 42.1 Å². The maximum Gasteiger partial charge on any atom is 0.278 e. The lowest BCUT2D eigenvalue weighted by molar-refractivity contribution is -0.385. The SMILES string of the molecule is COc1cc(C2C3C(=O)N(c4ccc(C)cc4C)C(=O)C3ON2c2ccccc2)c([N+](=O)[O-])cc1OC. The zero-order valence-electron chi connectivity index (χ0n) is 20.7. The number of nitrogens with zero attached hydrogens (tertiary/aromatic N) is 3. The smallest absolute Gasteiger partial charge is 0.278 e. The fourth-order valence-electron chi connectivity index (χ4n) is 5.10. The van der Waals surface area contributed by atoms with E-state index in [1.54, 1.807) is 30.3 Å². The van der Waals surface area contributed by atoms with Gasteiger partial charge >= 0.3 is 0 Å². The molecule has 0 bridgehead atoms. The summed E-state index contributed by atoms with van der Waals surface area (Å²) in [5.41, 5.74) is 2.65. The van der Waals surface area contributed by atoms with E-state index >= 15 is 0 Å². The Hall–Kier alpha value is -4.44. The molecule has 2 amide bonds. The van der Waals surface area contributed by atoms with Crippen LogP contribution >= 0.6 is 0 Å². The summed E-state index contributed by atoms with van der Waals surface area (Å²) in [6.45, 7) is 3.75. The van der Waals surface area contributed by atoms with Gasteiger partial charge in [0.25, 0.3) is 11.6 Å². The third-order valence-corrected chi connectivity index (χ3v) is 6.77. The Morgan fingerprint density at radius 2 is 1.59 bits per heavy atom. The van der Waals surface area contributed by atoms with Crippen LogP contribution in [0.2, 0.25) is 0 Å². The number of fused-ring (bicyclic) bond motifs is 1. The van der Waals surface area contributed by atoms with E-state index in [-0.39, 0.29) is 22.7 Å². The zero-order chi connectivity index (χ0) is 26.4. The van der Waals surface area contributed by atoms with Crippen LogP contribution in [0.5, 0.6) is 11.5 Å². The largest absolute Gasteiger partial charge is 0.493 e. The normalized spacial score (nSPS) is 20.8. The second kappa shape index (κ2) is 9.21. The van der Waals surface area contributed by atoms with Crippen LogP contribution in [-0.4, -0.2) is 37.1 Å². The molecule has 10 nitrogen and oxygen atoms in total. The number of para-hydroxylation sites is 1. The first-order chi connectivity index (χ1) is 17.8. The second-order valence-electron chi connectivity index (χ2n) is 8.98. The van der Waals surface area contributed by atoms with Crippen LogP contribution < -0.4 is 19.4 Å². The van der Waals surface area contributed by atoms with Crippen molar-refractivity contribution in [2.45, 2.75) is 26.0 Å². The van der Waals surface area contributed by atoms with E-state index in [9.17, 15) is 19.7 Å². The van der Waals surface area contributed by atoms with Gasteiger partial charge < -0.3 is 9.47 Å². The van der Waals surface area contributed by atoms with E-state index in [1.807, 2.05) is 32.0 Å². The van der Waals surface area contributed by atoms with Crippen molar-refractivity contribution < 1.29 is 28.8 Å². The Bertz CT molecular complexity index is 1410. The number of carbonyl (C=O) groups excluding carboxylic acids is 2. The third kappa shape index (κ3) is 3.86. The van der Waals surface area contributed by atoms with Crippen LogP contribution in [0.4, 0.5) is 17.1 Å². The maximum atomic E-state index is 13.9. The predicted molar refractivity (Wildman–Crippen MR) is 135 cm³/mol. The Morgan fingerprint density at radius 1 is 0.919 bits per heavy atom. The molecule has 0 N–H and O–H groups in total. The molecule has 37 heavy (non-hydrogen) atoms. The number of nitro benzene ring substituents is 1. The van der Waals surface area contributed by atoms with Gasteiger partial charge in [0.2, 0.25) is 5.91 Å². The van der Waals surface area contributed by atoms with E-state index in [0.29, 0.717) is 11.4 Å². The van der Waals surface area contributed by atoms with Gasteiger partial charge in [-0.3, -0.25) is 24.5 Å². The number of methoxy groups -OCH3 is 2. The Balaban J connectivity index is 1.69. The number of ether oxygens (including phenoxy) is 2. The number of rotatable bonds is 6. The fraction of sp³-hybridized carbons (Fsp3) is 0.259. The summed E-state index contributed by atoms with van der Waals surface area (Å²) < 4.78 is 10.7. The van der Waals surface area contributed by atoms with Crippen molar-refractivity contribution in [3.05, 3.63) is 87.5 Å². The number of aryl methyl sites for hydroxylation is 2. The number of hydrogen-bond donors (Lipinski definition) is 0. The molecule has 0 aromatic heterocycles. The molecule has 3 aromatic carbocycles. The minimum Gasteiger partial charge on any atom is -0.493 e. The van der Waals surface area contributed by atoms with Crippen LogP contribution in [0.25, 0.3) is 0 Å².